The van der Waals surface area contributed by atoms with Crippen molar-refractivity contribution in [1.82, 2.24) is 10.3 Å². The third-order valence-corrected chi connectivity index (χ3v) is 3.72. The summed E-state index contributed by atoms with van der Waals surface area (Å²) in [4.78, 5) is 4.04. The van der Waals surface area contributed by atoms with Crippen LogP contribution < -0.4 is 5.32 Å². The fourth-order valence-electron chi connectivity index (χ4n) is 2.27. The average molecular weight is 268 g/mol. The third kappa shape index (κ3) is 4.17. The van der Waals surface area contributed by atoms with Crippen molar-refractivity contribution in [3.63, 3.8) is 0 Å². The first-order valence-electron chi connectivity index (χ1n) is 7.39. The smallest absolute Gasteiger partial charge is 0.0291 e. The van der Waals surface area contributed by atoms with Crippen LogP contribution in [-0.4, -0.2) is 11.5 Å². The number of aromatic nitrogens is 1. The fourth-order valence-corrected chi connectivity index (χ4v) is 2.27. The molecule has 1 atom stereocenters. The lowest BCUT2D eigenvalue weighted by Gasteiger charge is -2.15. The first-order chi connectivity index (χ1) is 9.66. The Kier molecular flexibility index (Phi) is 5.31. The zero-order valence-corrected chi connectivity index (χ0v) is 12.6. The number of nitrogens with one attached hydrogen (secondary N) is 1. The SMILES string of the molecule is CC(C)c1ccc(C(C)NCCc2ccncc2)cc1. The van der Waals surface area contributed by atoms with Gasteiger partial charge in [0, 0.05) is 18.4 Å². The molecule has 0 spiro atoms. The zero-order chi connectivity index (χ0) is 14.4. The minimum atomic E-state index is 0.387. The van der Waals surface area contributed by atoms with Crippen LogP contribution in [0.2, 0.25) is 0 Å². The molecule has 0 aliphatic rings. The Morgan fingerprint density at radius 2 is 1.50 bits per heavy atom. The molecular formula is C18H24N2. The highest BCUT2D eigenvalue weighted by Crippen LogP contribution is 2.18. The van der Waals surface area contributed by atoms with Crippen LogP contribution in [0, 0.1) is 0 Å². The van der Waals surface area contributed by atoms with Crippen molar-refractivity contribution in [2.24, 2.45) is 0 Å². The number of nitrogens with zero attached hydrogens (tertiary/aromatic N) is 1. The lowest BCUT2D eigenvalue weighted by Crippen LogP contribution is -2.21. The Morgan fingerprint density at radius 3 is 2.10 bits per heavy atom. The van der Waals surface area contributed by atoms with Crippen molar-refractivity contribution < 1.29 is 0 Å². The minimum absolute atomic E-state index is 0.387. The van der Waals surface area contributed by atoms with Crippen LogP contribution in [0.5, 0.6) is 0 Å². The van der Waals surface area contributed by atoms with Crippen molar-refractivity contribution in [3.05, 3.63) is 65.5 Å². The van der Waals surface area contributed by atoms with Crippen LogP contribution in [0.15, 0.2) is 48.8 Å². The lowest BCUT2D eigenvalue weighted by molar-refractivity contribution is 0.576. The zero-order valence-electron chi connectivity index (χ0n) is 12.6. The van der Waals surface area contributed by atoms with Crippen molar-refractivity contribution in [1.29, 1.82) is 0 Å². The van der Waals surface area contributed by atoms with Gasteiger partial charge in [0.25, 0.3) is 0 Å². The van der Waals surface area contributed by atoms with Gasteiger partial charge in [0.1, 0.15) is 0 Å². The van der Waals surface area contributed by atoms with E-state index in [1.807, 2.05) is 12.4 Å². The summed E-state index contributed by atoms with van der Waals surface area (Å²) < 4.78 is 0. The second-order valence-corrected chi connectivity index (χ2v) is 5.60. The number of rotatable bonds is 6. The van der Waals surface area contributed by atoms with Crippen molar-refractivity contribution in [2.75, 3.05) is 6.54 Å². The lowest BCUT2D eigenvalue weighted by atomic mass is 9.99. The predicted octanol–water partition coefficient (Wildman–Crippen LogP) is 4.10. The fraction of sp³-hybridized carbons (Fsp3) is 0.389. The Morgan fingerprint density at radius 1 is 0.900 bits per heavy atom. The number of hydrogen-bond acceptors (Lipinski definition) is 2. The molecule has 0 saturated carbocycles. The maximum atomic E-state index is 4.04. The third-order valence-electron chi connectivity index (χ3n) is 3.72. The monoisotopic (exact) mass is 268 g/mol. The summed E-state index contributed by atoms with van der Waals surface area (Å²) in [5.74, 6) is 0.596. The van der Waals surface area contributed by atoms with E-state index >= 15 is 0 Å². The first kappa shape index (κ1) is 14.7. The summed E-state index contributed by atoms with van der Waals surface area (Å²) in [7, 11) is 0. The summed E-state index contributed by atoms with van der Waals surface area (Å²) in [5.41, 5.74) is 4.08. The van der Waals surface area contributed by atoms with Gasteiger partial charge in [-0.25, -0.2) is 0 Å². The van der Waals surface area contributed by atoms with E-state index in [-0.39, 0.29) is 0 Å². The number of pyridine rings is 1. The highest BCUT2D eigenvalue weighted by Gasteiger charge is 2.05. The molecule has 0 aliphatic heterocycles. The molecule has 2 aromatic rings. The molecule has 1 heterocycles. The number of benzene rings is 1. The van der Waals surface area contributed by atoms with Crippen LogP contribution in [-0.2, 0) is 6.42 Å². The van der Waals surface area contributed by atoms with Gasteiger partial charge in [-0.1, -0.05) is 38.1 Å². The summed E-state index contributed by atoms with van der Waals surface area (Å²) in [5, 5.41) is 3.58. The minimum Gasteiger partial charge on any atom is -0.310 e. The van der Waals surface area contributed by atoms with Crippen molar-refractivity contribution in [3.8, 4) is 0 Å². The molecule has 0 fully saturated rings. The normalized spacial score (nSPS) is 12.6. The summed E-state index contributed by atoms with van der Waals surface area (Å²) >= 11 is 0. The molecule has 0 amide bonds. The first-order valence-corrected chi connectivity index (χ1v) is 7.39. The maximum Gasteiger partial charge on any atom is 0.0291 e. The Bertz CT molecular complexity index is 503. The maximum absolute atomic E-state index is 4.04. The van der Waals surface area contributed by atoms with E-state index in [2.05, 4.69) is 67.5 Å². The average Bonchev–Trinajstić information content (AvgIpc) is 2.48. The van der Waals surface area contributed by atoms with Crippen LogP contribution in [0.1, 0.15) is 49.4 Å². The van der Waals surface area contributed by atoms with E-state index in [4.69, 9.17) is 0 Å². The van der Waals surface area contributed by atoms with Gasteiger partial charge >= 0.3 is 0 Å². The molecule has 0 radical (unpaired) electrons. The predicted molar refractivity (Wildman–Crippen MR) is 84.9 cm³/mol. The van der Waals surface area contributed by atoms with E-state index in [0.717, 1.165) is 13.0 Å². The molecule has 1 N–H and O–H groups in total. The van der Waals surface area contributed by atoms with E-state index in [0.29, 0.717) is 12.0 Å². The Balaban J connectivity index is 1.84. The molecule has 106 valence electrons. The van der Waals surface area contributed by atoms with Gasteiger partial charge in [-0.15, -0.1) is 0 Å². The molecule has 0 bridgehead atoms. The molecule has 0 aliphatic carbocycles. The summed E-state index contributed by atoms with van der Waals surface area (Å²) in [6.07, 6.45) is 4.74. The molecule has 20 heavy (non-hydrogen) atoms. The van der Waals surface area contributed by atoms with E-state index in [1.54, 1.807) is 0 Å². The summed E-state index contributed by atoms with van der Waals surface area (Å²) in [6, 6.07) is 13.5. The van der Waals surface area contributed by atoms with Gasteiger partial charge < -0.3 is 5.32 Å². The molecule has 2 heteroatoms. The second-order valence-electron chi connectivity index (χ2n) is 5.60. The summed E-state index contributed by atoms with van der Waals surface area (Å²) in [6.45, 7) is 7.66. The van der Waals surface area contributed by atoms with Crippen LogP contribution in [0.4, 0.5) is 0 Å². The topological polar surface area (TPSA) is 24.9 Å². The number of hydrogen-bond donors (Lipinski definition) is 1. The highest BCUT2D eigenvalue weighted by molar-refractivity contribution is 5.26. The van der Waals surface area contributed by atoms with Gasteiger partial charge in [0.2, 0.25) is 0 Å². The van der Waals surface area contributed by atoms with Gasteiger partial charge in [0.05, 0.1) is 0 Å². The van der Waals surface area contributed by atoms with Crippen LogP contribution in [0.25, 0.3) is 0 Å². The quantitative estimate of drug-likeness (QED) is 0.853. The standard InChI is InChI=1S/C18H24N2/c1-14(2)17-4-6-18(7-5-17)15(3)20-13-10-16-8-11-19-12-9-16/h4-9,11-12,14-15,20H,10,13H2,1-3H3. The molecular weight excluding hydrogens is 244 g/mol. The molecule has 1 unspecified atom stereocenters. The Labute approximate surface area is 122 Å². The second kappa shape index (κ2) is 7.20. The van der Waals surface area contributed by atoms with E-state index < -0.39 is 0 Å². The van der Waals surface area contributed by atoms with Gasteiger partial charge in [-0.3, -0.25) is 4.98 Å². The molecule has 0 saturated heterocycles. The molecule has 1 aromatic heterocycles. The van der Waals surface area contributed by atoms with Gasteiger partial charge in [0.15, 0.2) is 0 Å². The van der Waals surface area contributed by atoms with E-state index in [9.17, 15) is 0 Å². The Hall–Kier alpha value is -1.67. The molecule has 2 rings (SSSR count). The highest BCUT2D eigenvalue weighted by atomic mass is 14.9. The van der Waals surface area contributed by atoms with Gasteiger partial charge in [-0.05, 0) is 54.6 Å². The van der Waals surface area contributed by atoms with Crippen molar-refractivity contribution in [2.45, 2.75) is 39.2 Å². The van der Waals surface area contributed by atoms with Crippen LogP contribution >= 0.6 is 0 Å². The van der Waals surface area contributed by atoms with Crippen LogP contribution in [0.3, 0.4) is 0 Å². The molecule has 1 aromatic carbocycles. The largest absolute Gasteiger partial charge is 0.310 e. The van der Waals surface area contributed by atoms with Crippen molar-refractivity contribution >= 4 is 0 Å². The van der Waals surface area contributed by atoms with Gasteiger partial charge in [-0.2, -0.15) is 0 Å². The molecule has 2 nitrogen and oxygen atoms in total. The van der Waals surface area contributed by atoms with E-state index in [1.165, 1.54) is 16.7 Å².